The van der Waals surface area contributed by atoms with Crippen molar-refractivity contribution in [1.82, 2.24) is 10.2 Å². The number of ether oxygens (including phenoxy) is 1. The van der Waals surface area contributed by atoms with Crippen LogP contribution >= 0.6 is 34.9 Å². The molecule has 20 heavy (non-hydrogen) atoms. The third-order valence-electron chi connectivity index (χ3n) is 2.58. The van der Waals surface area contributed by atoms with E-state index in [0.717, 1.165) is 14.4 Å². The Bertz CT molecular complexity index is 584. The molecule has 0 amide bonds. The van der Waals surface area contributed by atoms with Gasteiger partial charge in [0.05, 0.1) is 12.4 Å². The third-order valence-corrected chi connectivity index (χ3v) is 5.67. The van der Waals surface area contributed by atoms with Gasteiger partial charge in [0, 0.05) is 5.56 Å². The fourth-order valence-electron chi connectivity index (χ4n) is 1.52. The van der Waals surface area contributed by atoms with Crippen molar-refractivity contribution in [2.75, 3.05) is 13.4 Å². The average Bonchev–Trinajstić information content (AvgIpc) is 2.94. The molecule has 0 N–H and O–H groups in total. The molecule has 0 saturated carbocycles. The molecule has 0 bridgehead atoms. The van der Waals surface area contributed by atoms with Gasteiger partial charge in [-0.3, -0.25) is 4.79 Å². The minimum atomic E-state index is -0.189. The molecule has 2 rings (SSSR count). The van der Waals surface area contributed by atoms with Crippen LogP contribution in [0.3, 0.4) is 0 Å². The average molecular weight is 326 g/mol. The molecular weight excluding hydrogens is 312 g/mol. The summed E-state index contributed by atoms with van der Waals surface area (Å²) in [6.45, 7) is 1.89. The Morgan fingerprint density at radius 3 is 2.45 bits per heavy atom. The Balaban J connectivity index is 2.03. The predicted octanol–water partition coefficient (Wildman–Crippen LogP) is 3.63. The van der Waals surface area contributed by atoms with E-state index < -0.39 is 0 Å². The van der Waals surface area contributed by atoms with Crippen molar-refractivity contribution in [3.05, 3.63) is 29.8 Å². The monoisotopic (exact) mass is 326 g/mol. The van der Waals surface area contributed by atoms with E-state index in [1.807, 2.05) is 13.2 Å². The second-order valence-corrected chi connectivity index (χ2v) is 7.51. The summed E-state index contributed by atoms with van der Waals surface area (Å²) in [5.74, 6) is 0.828. The molecular formula is C13H14N2O2S3. The number of methoxy groups -OCH3 is 1. The van der Waals surface area contributed by atoms with E-state index >= 15 is 0 Å². The number of carbonyl (C=O) groups excluding carboxylic acids is 1. The Morgan fingerprint density at radius 1 is 1.25 bits per heavy atom. The van der Waals surface area contributed by atoms with Gasteiger partial charge in [-0.25, -0.2) is 0 Å². The summed E-state index contributed by atoms with van der Waals surface area (Å²) < 4.78 is 6.82. The van der Waals surface area contributed by atoms with Crippen LogP contribution in [0.5, 0.6) is 5.75 Å². The van der Waals surface area contributed by atoms with E-state index in [0.29, 0.717) is 5.56 Å². The maximum atomic E-state index is 12.3. The van der Waals surface area contributed by atoms with Crippen molar-refractivity contribution < 1.29 is 9.53 Å². The summed E-state index contributed by atoms with van der Waals surface area (Å²) in [6.07, 6.45) is 1.96. The number of Topliss-reactive ketones (excluding diaryl/α,β-unsaturated/α-hetero) is 1. The van der Waals surface area contributed by atoms with E-state index in [1.165, 1.54) is 23.1 Å². The molecule has 1 aromatic heterocycles. The van der Waals surface area contributed by atoms with Gasteiger partial charge in [-0.2, -0.15) is 0 Å². The number of thioether (sulfide) groups is 2. The third kappa shape index (κ3) is 3.74. The summed E-state index contributed by atoms with van der Waals surface area (Å²) in [4.78, 5) is 12.3. The molecule has 1 heterocycles. The fraction of sp³-hybridized carbons (Fsp3) is 0.308. The number of hydrogen-bond donors (Lipinski definition) is 0. The highest BCUT2D eigenvalue weighted by Crippen LogP contribution is 2.31. The lowest BCUT2D eigenvalue weighted by Gasteiger charge is -2.08. The summed E-state index contributed by atoms with van der Waals surface area (Å²) in [5, 5.41) is 7.91. The second-order valence-electron chi connectivity index (χ2n) is 3.89. The number of rotatable bonds is 6. The molecule has 7 heteroatoms. The quantitative estimate of drug-likeness (QED) is 0.597. The van der Waals surface area contributed by atoms with Crippen LogP contribution in [0, 0.1) is 0 Å². The van der Waals surface area contributed by atoms with E-state index in [2.05, 4.69) is 10.2 Å². The second kappa shape index (κ2) is 7.10. The Labute approximate surface area is 130 Å². The van der Waals surface area contributed by atoms with Crippen LogP contribution in [-0.2, 0) is 0 Å². The Morgan fingerprint density at radius 2 is 1.90 bits per heavy atom. The van der Waals surface area contributed by atoms with Gasteiger partial charge >= 0.3 is 0 Å². The highest BCUT2D eigenvalue weighted by atomic mass is 32.2. The van der Waals surface area contributed by atoms with Crippen LogP contribution in [0.25, 0.3) is 0 Å². The van der Waals surface area contributed by atoms with Crippen LogP contribution in [-0.4, -0.2) is 34.6 Å². The van der Waals surface area contributed by atoms with Gasteiger partial charge < -0.3 is 4.74 Å². The first-order valence-electron chi connectivity index (χ1n) is 5.86. The normalized spacial score (nSPS) is 12.2. The molecule has 4 nitrogen and oxygen atoms in total. The highest BCUT2D eigenvalue weighted by Gasteiger charge is 2.18. The SMILES string of the molecule is COc1ccc(C(=O)[C@H](C)Sc2nnc(SC)s2)cc1. The molecule has 1 aromatic carbocycles. The van der Waals surface area contributed by atoms with Crippen molar-refractivity contribution in [2.24, 2.45) is 0 Å². The minimum Gasteiger partial charge on any atom is -0.497 e. The lowest BCUT2D eigenvalue weighted by Crippen LogP contribution is -2.13. The molecule has 106 valence electrons. The van der Waals surface area contributed by atoms with Gasteiger partial charge in [0.15, 0.2) is 14.5 Å². The van der Waals surface area contributed by atoms with Crippen molar-refractivity contribution in [3.63, 3.8) is 0 Å². The summed E-state index contributed by atoms with van der Waals surface area (Å²) >= 11 is 4.51. The van der Waals surface area contributed by atoms with Gasteiger partial charge in [0.25, 0.3) is 0 Å². The van der Waals surface area contributed by atoms with Crippen LogP contribution in [0.15, 0.2) is 32.9 Å². The molecule has 0 aliphatic heterocycles. The summed E-state index contributed by atoms with van der Waals surface area (Å²) in [7, 11) is 1.61. The van der Waals surface area contributed by atoms with E-state index in [1.54, 1.807) is 43.1 Å². The van der Waals surface area contributed by atoms with Gasteiger partial charge in [0.2, 0.25) is 0 Å². The number of benzene rings is 1. The van der Waals surface area contributed by atoms with E-state index in [9.17, 15) is 4.79 Å². The molecule has 0 fully saturated rings. The smallest absolute Gasteiger partial charge is 0.175 e. The number of hydrogen-bond acceptors (Lipinski definition) is 7. The molecule has 2 aromatic rings. The summed E-state index contributed by atoms with van der Waals surface area (Å²) in [5.41, 5.74) is 0.681. The first kappa shape index (κ1) is 15.3. The Hall–Kier alpha value is -1.05. The number of nitrogens with zero attached hydrogens (tertiary/aromatic N) is 2. The lowest BCUT2D eigenvalue weighted by molar-refractivity contribution is 0.0994. The van der Waals surface area contributed by atoms with E-state index in [-0.39, 0.29) is 11.0 Å². The molecule has 0 saturated heterocycles. The van der Waals surface area contributed by atoms with Gasteiger partial charge in [-0.05, 0) is 37.4 Å². The zero-order valence-corrected chi connectivity index (χ0v) is 13.8. The topological polar surface area (TPSA) is 52.1 Å². The zero-order valence-electron chi connectivity index (χ0n) is 11.3. The van der Waals surface area contributed by atoms with Crippen LogP contribution in [0.4, 0.5) is 0 Å². The van der Waals surface area contributed by atoms with Crippen molar-refractivity contribution in [3.8, 4) is 5.75 Å². The number of aromatic nitrogens is 2. The molecule has 1 atom stereocenters. The van der Waals surface area contributed by atoms with Crippen LogP contribution in [0.1, 0.15) is 17.3 Å². The predicted molar refractivity (Wildman–Crippen MR) is 84.3 cm³/mol. The Kier molecular flexibility index (Phi) is 5.45. The fourth-order valence-corrected chi connectivity index (χ4v) is 4.18. The number of ketones is 1. The first-order valence-corrected chi connectivity index (χ1v) is 8.78. The maximum absolute atomic E-state index is 12.3. The van der Waals surface area contributed by atoms with Crippen LogP contribution in [0.2, 0.25) is 0 Å². The minimum absolute atomic E-state index is 0.0820. The van der Waals surface area contributed by atoms with Gasteiger partial charge in [0.1, 0.15) is 5.75 Å². The van der Waals surface area contributed by atoms with Crippen molar-refractivity contribution in [2.45, 2.75) is 20.9 Å². The highest BCUT2D eigenvalue weighted by molar-refractivity contribution is 8.03. The maximum Gasteiger partial charge on any atom is 0.175 e. The standard InChI is InChI=1S/C13H14N2O2S3/c1-8(19-13-15-14-12(18-3)20-13)11(16)9-4-6-10(17-2)7-5-9/h4-8H,1-3H3/t8-/m0/s1. The van der Waals surface area contributed by atoms with E-state index in [4.69, 9.17) is 4.74 Å². The summed E-state index contributed by atoms with van der Waals surface area (Å²) in [6, 6.07) is 7.15. The van der Waals surface area contributed by atoms with Crippen molar-refractivity contribution in [1.29, 1.82) is 0 Å². The van der Waals surface area contributed by atoms with Gasteiger partial charge in [-0.15, -0.1) is 10.2 Å². The lowest BCUT2D eigenvalue weighted by atomic mass is 10.1. The van der Waals surface area contributed by atoms with Crippen molar-refractivity contribution >= 4 is 40.6 Å². The van der Waals surface area contributed by atoms with Gasteiger partial charge in [-0.1, -0.05) is 34.9 Å². The largest absolute Gasteiger partial charge is 0.497 e. The molecule has 0 aliphatic carbocycles. The first-order chi connectivity index (χ1) is 9.63. The number of carbonyl (C=O) groups is 1. The molecule has 0 radical (unpaired) electrons. The molecule has 0 spiro atoms. The zero-order chi connectivity index (χ0) is 14.5. The van der Waals surface area contributed by atoms with Crippen LogP contribution < -0.4 is 4.74 Å². The molecule has 0 aliphatic rings. The molecule has 0 unspecified atom stereocenters.